The Bertz CT molecular complexity index is 1110. The van der Waals surface area contributed by atoms with Crippen LogP contribution in [0.4, 0.5) is 5.69 Å². The summed E-state index contributed by atoms with van der Waals surface area (Å²) in [5.41, 5.74) is 2.90. The first kappa shape index (κ1) is 24.4. The van der Waals surface area contributed by atoms with Crippen LogP contribution >= 0.6 is 0 Å². The highest BCUT2D eigenvalue weighted by molar-refractivity contribution is 7.89. The van der Waals surface area contributed by atoms with Crippen molar-refractivity contribution >= 4 is 27.5 Å². The molecule has 4 rings (SSSR count). The average Bonchev–Trinajstić information content (AvgIpc) is 3.03. The molecule has 2 aliphatic heterocycles. The molecule has 2 saturated heterocycles. The molecule has 0 aromatic heterocycles. The first-order valence-electron chi connectivity index (χ1n) is 12.1. The number of carbonyl (C=O) groups excluding carboxylic acids is 2. The van der Waals surface area contributed by atoms with Crippen molar-refractivity contribution in [3.8, 4) is 0 Å². The smallest absolute Gasteiger partial charge is 0.243 e. The van der Waals surface area contributed by atoms with Crippen LogP contribution in [0.15, 0.2) is 53.4 Å². The Morgan fingerprint density at radius 2 is 1.62 bits per heavy atom. The number of rotatable bonds is 7. The van der Waals surface area contributed by atoms with Crippen molar-refractivity contribution in [2.24, 2.45) is 5.92 Å². The average molecular weight is 484 g/mol. The van der Waals surface area contributed by atoms with Crippen LogP contribution in [0.25, 0.3) is 0 Å². The highest BCUT2D eigenvalue weighted by Gasteiger charge is 2.35. The van der Waals surface area contributed by atoms with E-state index in [1.54, 1.807) is 21.3 Å². The highest BCUT2D eigenvalue weighted by atomic mass is 32.2. The van der Waals surface area contributed by atoms with Crippen molar-refractivity contribution in [2.45, 2.75) is 50.3 Å². The molecule has 8 heteroatoms. The Hall–Kier alpha value is -2.71. The number of aryl methyl sites for hydroxylation is 1. The molecule has 2 fully saturated rings. The van der Waals surface area contributed by atoms with Crippen molar-refractivity contribution in [2.75, 3.05) is 31.1 Å². The summed E-state index contributed by atoms with van der Waals surface area (Å²) in [4.78, 5) is 27.0. The quantitative estimate of drug-likeness (QED) is 0.655. The summed E-state index contributed by atoms with van der Waals surface area (Å²) in [5.74, 6) is -0.525. The first-order chi connectivity index (χ1) is 16.3. The van der Waals surface area contributed by atoms with E-state index in [4.69, 9.17) is 0 Å². The monoisotopic (exact) mass is 483 g/mol. The van der Waals surface area contributed by atoms with E-state index in [1.165, 1.54) is 0 Å². The second-order valence-corrected chi connectivity index (χ2v) is 11.2. The normalized spacial score (nSPS) is 19.7. The van der Waals surface area contributed by atoms with Crippen molar-refractivity contribution in [1.29, 1.82) is 0 Å². The van der Waals surface area contributed by atoms with E-state index in [2.05, 4.69) is 5.32 Å². The lowest BCUT2D eigenvalue weighted by Gasteiger charge is -2.20. The van der Waals surface area contributed by atoms with Gasteiger partial charge in [0.2, 0.25) is 21.8 Å². The highest BCUT2D eigenvalue weighted by Crippen LogP contribution is 2.25. The molecule has 1 unspecified atom stereocenters. The van der Waals surface area contributed by atoms with Gasteiger partial charge < -0.3 is 10.2 Å². The molecule has 7 nitrogen and oxygen atoms in total. The van der Waals surface area contributed by atoms with E-state index in [9.17, 15) is 18.0 Å². The van der Waals surface area contributed by atoms with Gasteiger partial charge in [-0.15, -0.1) is 0 Å². The minimum atomic E-state index is -3.46. The van der Waals surface area contributed by atoms with E-state index < -0.39 is 10.0 Å². The maximum atomic E-state index is 12.9. The molecule has 0 radical (unpaired) electrons. The fourth-order valence-corrected chi connectivity index (χ4v) is 6.11. The number of amides is 2. The molecular formula is C26H33N3O4S. The zero-order valence-corrected chi connectivity index (χ0v) is 20.5. The summed E-state index contributed by atoms with van der Waals surface area (Å²) in [6.07, 6.45) is 4.78. The SMILES string of the molecule is Cc1ccc(N2CC(C(=O)NCCc3ccc(S(=O)(=O)N4CCCCCC4)cc3)CC2=O)cc1. The van der Waals surface area contributed by atoms with Crippen molar-refractivity contribution < 1.29 is 18.0 Å². The number of carbonyl (C=O) groups is 2. The molecule has 2 aromatic carbocycles. The molecule has 2 amide bonds. The lowest BCUT2D eigenvalue weighted by atomic mass is 10.1. The number of nitrogens with zero attached hydrogens (tertiary/aromatic N) is 2. The largest absolute Gasteiger partial charge is 0.355 e. The number of hydrogen-bond acceptors (Lipinski definition) is 4. The Balaban J connectivity index is 1.27. The van der Waals surface area contributed by atoms with Gasteiger partial charge >= 0.3 is 0 Å². The molecule has 0 bridgehead atoms. The van der Waals surface area contributed by atoms with Crippen molar-refractivity contribution in [1.82, 2.24) is 9.62 Å². The van der Waals surface area contributed by atoms with Crippen molar-refractivity contribution in [3.63, 3.8) is 0 Å². The number of hydrogen-bond donors (Lipinski definition) is 1. The topological polar surface area (TPSA) is 86.8 Å². The van der Waals surface area contributed by atoms with E-state index in [0.717, 1.165) is 42.5 Å². The molecule has 1 atom stereocenters. The minimum Gasteiger partial charge on any atom is -0.355 e. The minimum absolute atomic E-state index is 0.0368. The number of benzene rings is 2. The van der Waals surface area contributed by atoms with Crippen LogP contribution in [-0.2, 0) is 26.0 Å². The number of anilines is 1. The predicted octanol–water partition coefficient (Wildman–Crippen LogP) is 3.27. The maximum absolute atomic E-state index is 12.9. The predicted molar refractivity (Wildman–Crippen MR) is 132 cm³/mol. The molecule has 34 heavy (non-hydrogen) atoms. The van der Waals surface area contributed by atoms with Crippen LogP contribution in [-0.4, -0.2) is 50.7 Å². The standard InChI is InChI=1S/C26H33N3O4S/c1-20-6-10-23(11-7-20)29-19-22(18-25(29)30)26(31)27-15-14-21-8-12-24(13-9-21)34(32,33)28-16-4-2-3-5-17-28/h6-13,22H,2-5,14-19H2,1H3,(H,27,31). The maximum Gasteiger partial charge on any atom is 0.243 e. The third kappa shape index (κ3) is 5.67. The van der Waals surface area contributed by atoms with Crippen LogP contribution in [0.1, 0.15) is 43.2 Å². The van der Waals surface area contributed by atoms with E-state index in [1.807, 2.05) is 43.3 Å². The van der Waals surface area contributed by atoms with Gasteiger partial charge in [-0.25, -0.2) is 8.42 Å². The Morgan fingerprint density at radius 3 is 2.26 bits per heavy atom. The number of nitrogens with one attached hydrogen (secondary N) is 1. The van der Waals surface area contributed by atoms with Crippen LogP contribution in [0.3, 0.4) is 0 Å². The lowest BCUT2D eigenvalue weighted by molar-refractivity contribution is -0.126. The fraction of sp³-hybridized carbons (Fsp3) is 0.462. The van der Waals surface area contributed by atoms with Gasteiger partial charge in [0.25, 0.3) is 0 Å². The molecule has 2 aliphatic rings. The van der Waals surface area contributed by atoms with Gasteiger partial charge in [-0.05, 0) is 56.0 Å². The van der Waals surface area contributed by atoms with Gasteiger partial charge in [0.05, 0.1) is 10.8 Å². The van der Waals surface area contributed by atoms with Crippen LogP contribution in [0.2, 0.25) is 0 Å². The molecule has 2 aromatic rings. The summed E-state index contributed by atoms with van der Waals surface area (Å²) in [7, 11) is -3.46. The molecule has 0 saturated carbocycles. The molecular weight excluding hydrogens is 450 g/mol. The van der Waals surface area contributed by atoms with Crippen LogP contribution < -0.4 is 10.2 Å². The molecule has 0 spiro atoms. The summed E-state index contributed by atoms with van der Waals surface area (Å²) in [6.45, 7) is 3.99. The van der Waals surface area contributed by atoms with E-state index in [-0.39, 0.29) is 24.2 Å². The van der Waals surface area contributed by atoms with Gasteiger partial charge in [-0.1, -0.05) is 42.7 Å². The lowest BCUT2D eigenvalue weighted by Crippen LogP contribution is -2.34. The van der Waals surface area contributed by atoms with E-state index >= 15 is 0 Å². The second kappa shape index (κ2) is 10.7. The third-order valence-corrected chi connectivity index (χ3v) is 8.59. The Morgan fingerprint density at radius 1 is 0.971 bits per heavy atom. The van der Waals surface area contributed by atoms with Crippen LogP contribution in [0.5, 0.6) is 0 Å². The van der Waals surface area contributed by atoms with E-state index in [0.29, 0.717) is 37.5 Å². The summed E-state index contributed by atoms with van der Waals surface area (Å²) in [5, 5.41) is 2.93. The fourth-order valence-electron chi connectivity index (χ4n) is 4.59. The molecule has 182 valence electrons. The first-order valence-corrected chi connectivity index (χ1v) is 13.5. The molecule has 1 N–H and O–H groups in total. The van der Waals surface area contributed by atoms with Gasteiger partial charge in [-0.2, -0.15) is 4.31 Å². The molecule has 0 aliphatic carbocycles. The molecule has 2 heterocycles. The third-order valence-electron chi connectivity index (χ3n) is 6.68. The zero-order chi connectivity index (χ0) is 24.1. The zero-order valence-electron chi connectivity index (χ0n) is 19.7. The second-order valence-electron chi connectivity index (χ2n) is 9.24. The summed E-state index contributed by atoms with van der Waals surface area (Å²) >= 11 is 0. The van der Waals surface area contributed by atoms with Crippen LogP contribution in [0, 0.1) is 12.8 Å². The van der Waals surface area contributed by atoms with Gasteiger partial charge in [-0.3, -0.25) is 9.59 Å². The Kier molecular flexibility index (Phi) is 7.68. The Labute approximate surface area is 202 Å². The summed E-state index contributed by atoms with van der Waals surface area (Å²) < 4.78 is 27.4. The van der Waals surface area contributed by atoms with Gasteiger partial charge in [0.1, 0.15) is 0 Å². The number of sulfonamides is 1. The summed E-state index contributed by atoms with van der Waals surface area (Å²) in [6, 6.07) is 14.7. The van der Waals surface area contributed by atoms with Gasteiger partial charge in [0, 0.05) is 38.3 Å². The van der Waals surface area contributed by atoms with Gasteiger partial charge in [0.15, 0.2) is 0 Å². The van der Waals surface area contributed by atoms with Crippen molar-refractivity contribution in [3.05, 3.63) is 59.7 Å².